The summed E-state index contributed by atoms with van der Waals surface area (Å²) in [6.45, 7) is 2.44. The number of furan rings is 1. The highest BCUT2D eigenvalue weighted by molar-refractivity contribution is 7.86. The van der Waals surface area contributed by atoms with E-state index in [0.29, 0.717) is 17.6 Å². The molecule has 1 aromatic heterocycles. The summed E-state index contributed by atoms with van der Waals surface area (Å²) in [5.41, 5.74) is 0. The molecule has 0 aliphatic heterocycles. The summed E-state index contributed by atoms with van der Waals surface area (Å²) < 4.78 is 30.0. The van der Waals surface area contributed by atoms with Crippen molar-refractivity contribution in [3.05, 3.63) is 23.7 Å². The minimum absolute atomic E-state index is 0.0633. The maximum Gasteiger partial charge on any atom is 0.277 e. The Kier molecular flexibility index (Phi) is 2.76. The van der Waals surface area contributed by atoms with Gasteiger partial charge in [0.05, 0.1) is 6.54 Å². The van der Waals surface area contributed by atoms with Crippen LogP contribution in [0.15, 0.2) is 16.5 Å². The van der Waals surface area contributed by atoms with Gasteiger partial charge in [0, 0.05) is 12.0 Å². The van der Waals surface area contributed by atoms with Gasteiger partial charge in [-0.2, -0.15) is 12.7 Å². The Bertz CT molecular complexity index is 547. The third kappa shape index (κ3) is 2.46. The fraction of sp³-hybridized carbons (Fsp3) is 0.667. The molecule has 1 aromatic rings. The highest BCUT2D eigenvalue weighted by Gasteiger charge is 2.38. The lowest BCUT2D eigenvalue weighted by Crippen LogP contribution is -2.37. The van der Waals surface area contributed by atoms with Crippen molar-refractivity contribution >= 4 is 10.2 Å². The molecule has 0 aromatic carbocycles. The number of hydrogen-bond acceptors (Lipinski definition) is 3. The fourth-order valence-corrected chi connectivity index (χ4v) is 3.27. The van der Waals surface area contributed by atoms with E-state index in [1.165, 1.54) is 4.31 Å². The summed E-state index contributed by atoms with van der Waals surface area (Å²) in [5.74, 6) is 2.86. The zero-order valence-corrected chi connectivity index (χ0v) is 11.2. The number of rotatable bonds is 5. The van der Waals surface area contributed by atoms with Gasteiger partial charge in [0.25, 0.3) is 10.2 Å². The monoisotopic (exact) mass is 270 g/mol. The Morgan fingerprint density at radius 2 is 2.11 bits per heavy atom. The molecular weight excluding hydrogens is 252 g/mol. The van der Waals surface area contributed by atoms with Crippen LogP contribution in [0, 0.1) is 5.92 Å². The van der Waals surface area contributed by atoms with E-state index in [1.807, 2.05) is 12.1 Å². The van der Waals surface area contributed by atoms with Gasteiger partial charge in [-0.05, 0) is 37.3 Å². The fourth-order valence-electron chi connectivity index (χ4n) is 2.34. The lowest BCUT2D eigenvalue weighted by atomic mass is 10.3. The van der Waals surface area contributed by atoms with Crippen molar-refractivity contribution in [3.8, 4) is 0 Å². The first kappa shape index (κ1) is 12.2. The molecule has 2 fully saturated rings. The topological polar surface area (TPSA) is 76.5 Å². The van der Waals surface area contributed by atoms with Crippen LogP contribution in [0.3, 0.4) is 0 Å². The molecule has 0 saturated heterocycles. The predicted molar refractivity (Wildman–Crippen MR) is 66.9 cm³/mol. The highest BCUT2D eigenvalue weighted by atomic mass is 32.2. The van der Waals surface area contributed by atoms with Gasteiger partial charge in [-0.3, -0.25) is 0 Å². The smallest absolute Gasteiger partial charge is 0.277 e. The SMILES string of the molecule is CC1CC1c1ccc(CN(C2CC2)S(N)(=O)=O)o1. The van der Waals surface area contributed by atoms with Gasteiger partial charge in [0.1, 0.15) is 11.5 Å². The molecule has 2 atom stereocenters. The normalized spacial score (nSPS) is 27.7. The minimum atomic E-state index is -3.63. The van der Waals surface area contributed by atoms with Crippen LogP contribution < -0.4 is 5.14 Å². The maximum absolute atomic E-state index is 11.5. The van der Waals surface area contributed by atoms with Crippen molar-refractivity contribution in [1.82, 2.24) is 4.31 Å². The van der Waals surface area contributed by atoms with E-state index in [9.17, 15) is 8.42 Å². The Balaban J connectivity index is 1.73. The van der Waals surface area contributed by atoms with Crippen molar-refractivity contribution in [2.45, 2.75) is 44.7 Å². The number of hydrogen-bond donors (Lipinski definition) is 1. The van der Waals surface area contributed by atoms with Crippen LogP contribution in [-0.4, -0.2) is 18.8 Å². The van der Waals surface area contributed by atoms with E-state index < -0.39 is 10.2 Å². The van der Waals surface area contributed by atoms with Crippen LogP contribution in [0.25, 0.3) is 0 Å². The van der Waals surface area contributed by atoms with Crippen molar-refractivity contribution in [3.63, 3.8) is 0 Å². The van der Waals surface area contributed by atoms with E-state index in [0.717, 1.165) is 25.0 Å². The van der Waals surface area contributed by atoms with Crippen molar-refractivity contribution in [2.75, 3.05) is 0 Å². The van der Waals surface area contributed by atoms with E-state index in [1.54, 1.807) is 0 Å². The van der Waals surface area contributed by atoms with Gasteiger partial charge in [0.15, 0.2) is 0 Å². The zero-order valence-electron chi connectivity index (χ0n) is 10.4. The molecule has 0 bridgehead atoms. The van der Waals surface area contributed by atoms with Crippen LogP contribution in [0.2, 0.25) is 0 Å². The van der Waals surface area contributed by atoms with Crippen molar-refractivity contribution in [2.24, 2.45) is 11.1 Å². The molecule has 100 valence electrons. The average Bonchev–Trinajstić information content (AvgIpc) is 3.17. The molecule has 6 heteroatoms. The molecule has 0 radical (unpaired) electrons. The van der Waals surface area contributed by atoms with Crippen LogP contribution in [0.4, 0.5) is 0 Å². The van der Waals surface area contributed by atoms with Crippen molar-refractivity contribution < 1.29 is 12.8 Å². The first-order valence-electron chi connectivity index (χ1n) is 6.33. The Labute approximate surface area is 107 Å². The van der Waals surface area contributed by atoms with Gasteiger partial charge in [0.2, 0.25) is 0 Å². The second kappa shape index (κ2) is 4.08. The van der Waals surface area contributed by atoms with E-state index in [-0.39, 0.29) is 12.6 Å². The van der Waals surface area contributed by atoms with Crippen LogP contribution in [0.1, 0.15) is 43.6 Å². The Morgan fingerprint density at radius 3 is 2.61 bits per heavy atom. The largest absolute Gasteiger partial charge is 0.464 e. The van der Waals surface area contributed by atoms with Crippen LogP contribution >= 0.6 is 0 Å². The highest BCUT2D eigenvalue weighted by Crippen LogP contribution is 2.47. The predicted octanol–water partition coefficient (Wildman–Crippen LogP) is 1.57. The summed E-state index contributed by atoms with van der Waals surface area (Å²) in [6.07, 6.45) is 2.95. The summed E-state index contributed by atoms with van der Waals surface area (Å²) in [4.78, 5) is 0. The molecule has 5 nitrogen and oxygen atoms in total. The molecule has 1 heterocycles. The minimum Gasteiger partial charge on any atom is -0.464 e. The quantitative estimate of drug-likeness (QED) is 0.882. The molecule has 2 aliphatic carbocycles. The van der Waals surface area contributed by atoms with E-state index in [4.69, 9.17) is 9.56 Å². The first-order chi connectivity index (χ1) is 8.45. The molecule has 2 N–H and O–H groups in total. The van der Waals surface area contributed by atoms with Gasteiger partial charge < -0.3 is 4.42 Å². The van der Waals surface area contributed by atoms with Gasteiger partial charge in [-0.15, -0.1) is 0 Å². The molecule has 2 aliphatic rings. The lowest BCUT2D eigenvalue weighted by molar-refractivity contribution is 0.348. The summed E-state index contributed by atoms with van der Waals surface area (Å²) in [6, 6.07) is 3.88. The maximum atomic E-state index is 11.5. The molecular formula is C12H18N2O3S. The molecule has 0 amide bonds. The molecule has 18 heavy (non-hydrogen) atoms. The second-order valence-corrected chi connectivity index (χ2v) is 6.94. The van der Waals surface area contributed by atoms with Gasteiger partial charge in [-0.25, -0.2) is 5.14 Å². The van der Waals surface area contributed by atoms with E-state index >= 15 is 0 Å². The van der Waals surface area contributed by atoms with Gasteiger partial charge >= 0.3 is 0 Å². The first-order valence-corrected chi connectivity index (χ1v) is 7.83. The number of nitrogens with zero attached hydrogens (tertiary/aromatic N) is 1. The van der Waals surface area contributed by atoms with Crippen LogP contribution in [0.5, 0.6) is 0 Å². The summed E-state index contributed by atoms with van der Waals surface area (Å²) in [7, 11) is -3.63. The zero-order chi connectivity index (χ0) is 12.9. The number of nitrogens with two attached hydrogens (primary N) is 1. The van der Waals surface area contributed by atoms with E-state index in [2.05, 4.69) is 6.92 Å². The van der Waals surface area contributed by atoms with Gasteiger partial charge in [-0.1, -0.05) is 6.92 Å². The van der Waals surface area contributed by atoms with Crippen molar-refractivity contribution in [1.29, 1.82) is 0 Å². The Morgan fingerprint density at radius 1 is 1.44 bits per heavy atom. The Hall–Kier alpha value is -0.850. The summed E-state index contributed by atoms with van der Waals surface area (Å²) in [5, 5.41) is 5.23. The third-order valence-electron chi connectivity index (χ3n) is 3.75. The standard InChI is InChI=1S/C12H18N2O3S/c1-8-6-11(8)12-5-4-10(17-12)7-14(9-2-3-9)18(13,15)16/h4-5,8-9,11H,2-3,6-7H2,1H3,(H2,13,15,16). The average molecular weight is 270 g/mol. The molecule has 2 saturated carbocycles. The molecule has 0 spiro atoms. The lowest BCUT2D eigenvalue weighted by Gasteiger charge is -2.17. The second-order valence-electron chi connectivity index (χ2n) is 5.44. The molecule has 3 rings (SSSR count). The molecule has 2 unspecified atom stereocenters. The van der Waals surface area contributed by atoms with Crippen LogP contribution in [-0.2, 0) is 16.8 Å². The summed E-state index contributed by atoms with van der Waals surface area (Å²) >= 11 is 0. The third-order valence-corrected chi connectivity index (χ3v) is 4.83.